The second kappa shape index (κ2) is 6.53. The van der Waals surface area contributed by atoms with Gasteiger partial charge in [0.25, 0.3) is 0 Å². The van der Waals surface area contributed by atoms with E-state index in [-0.39, 0.29) is 24.3 Å². The number of carbonyl (C=O) groups excluding carboxylic acids is 2. The van der Waals surface area contributed by atoms with Crippen molar-refractivity contribution in [2.75, 3.05) is 24.5 Å². The Morgan fingerprint density at radius 1 is 1.52 bits per heavy atom. The zero-order chi connectivity index (χ0) is 14.7. The fraction of sp³-hybridized carbons (Fsp3) is 0.643. The molecule has 0 spiro atoms. The van der Waals surface area contributed by atoms with Gasteiger partial charge in [-0.2, -0.15) is 0 Å². The van der Waals surface area contributed by atoms with Crippen molar-refractivity contribution in [2.24, 2.45) is 0 Å². The summed E-state index contributed by atoms with van der Waals surface area (Å²) in [6, 6.07) is 0.226. The Morgan fingerprint density at radius 3 is 3.14 bits per heavy atom. The Kier molecular flexibility index (Phi) is 4.50. The molecule has 0 saturated carbocycles. The van der Waals surface area contributed by atoms with Crippen LogP contribution < -0.4 is 15.5 Å². The Labute approximate surface area is 127 Å². The number of amides is 2. The molecule has 2 N–H and O–H groups in total. The normalized spacial score (nSPS) is 22.6. The van der Waals surface area contributed by atoms with Crippen LogP contribution in [0.25, 0.3) is 0 Å². The molecule has 2 saturated heterocycles. The van der Waals surface area contributed by atoms with Crippen LogP contribution in [-0.4, -0.2) is 42.5 Å². The number of hydrogen-bond acceptors (Lipinski definition) is 5. The Balaban J connectivity index is 1.54. The summed E-state index contributed by atoms with van der Waals surface area (Å²) in [6.45, 7) is 2.62. The van der Waals surface area contributed by atoms with Gasteiger partial charge in [-0.15, -0.1) is 11.3 Å². The molecule has 2 aliphatic rings. The smallest absolute Gasteiger partial charge is 0.228 e. The molecule has 0 aliphatic carbocycles. The van der Waals surface area contributed by atoms with E-state index in [4.69, 9.17) is 0 Å². The highest BCUT2D eigenvalue weighted by Crippen LogP contribution is 2.25. The van der Waals surface area contributed by atoms with Crippen molar-refractivity contribution in [1.29, 1.82) is 0 Å². The first-order valence-corrected chi connectivity index (χ1v) is 8.35. The highest BCUT2D eigenvalue weighted by Gasteiger charge is 2.24. The molecular formula is C14H20N4O2S. The minimum atomic E-state index is 0.00768. The van der Waals surface area contributed by atoms with Crippen molar-refractivity contribution in [2.45, 2.75) is 38.1 Å². The van der Waals surface area contributed by atoms with Crippen LogP contribution in [0.4, 0.5) is 5.13 Å². The van der Waals surface area contributed by atoms with Crippen LogP contribution >= 0.6 is 11.3 Å². The molecule has 6 nitrogen and oxygen atoms in total. The molecule has 0 radical (unpaired) electrons. The van der Waals surface area contributed by atoms with Crippen LogP contribution in [0.3, 0.4) is 0 Å². The van der Waals surface area contributed by atoms with Crippen molar-refractivity contribution >= 4 is 28.3 Å². The summed E-state index contributed by atoms with van der Waals surface area (Å²) in [4.78, 5) is 29.8. The molecule has 21 heavy (non-hydrogen) atoms. The van der Waals surface area contributed by atoms with Gasteiger partial charge in [0.1, 0.15) is 0 Å². The highest BCUT2D eigenvalue weighted by molar-refractivity contribution is 7.14. The van der Waals surface area contributed by atoms with Gasteiger partial charge >= 0.3 is 0 Å². The third kappa shape index (κ3) is 3.59. The zero-order valence-corrected chi connectivity index (χ0v) is 12.7. The lowest BCUT2D eigenvalue weighted by atomic mass is 10.1. The van der Waals surface area contributed by atoms with Crippen LogP contribution in [0.1, 0.15) is 31.4 Å². The number of hydrogen-bond donors (Lipinski definition) is 2. The summed E-state index contributed by atoms with van der Waals surface area (Å²) in [6.07, 6.45) is 3.91. The van der Waals surface area contributed by atoms with Crippen LogP contribution in [0.2, 0.25) is 0 Å². The lowest BCUT2D eigenvalue weighted by Crippen LogP contribution is -2.46. The summed E-state index contributed by atoms with van der Waals surface area (Å²) < 4.78 is 0. The van der Waals surface area contributed by atoms with E-state index in [2.05, 4.69) is 15.6 Å². The fourth-order valence-corrected chi connectivity index (χ4v) is 3.64. The number of nitrogens with one attached hydrogen (secondary N) is 2. The van der Waals surface area contributed by atoms with E-state index in [0.717, 1.165) is 49.7 Å². The Hall–Kier alpha value is -1.47. The molecule has 114 valence electrons. The molecule has 3 heterocycles. The SMILES string of the molecule is O=C(Cc1csc(N2CCCC2=O)n1)NC1CCCNC1. The number of piperidine rings is 1. The quantitative estimate of drug-likeness (QED) is 0.858. The number of carbonyl (C=O) groups is 2. The van der Waals surface area contributed by atoms with Crippen LogP contribution in [0.5, 0.6) is 0 Å². The summed E-state index contributed by atoms with van der Waals surface area (Å²) in [5, 5.41) is 8.91. The first kappa shape index (κ1) is 14.5. The zero-order valence-electron chi connectivity index (χ0n) is 11.9. The molecule has 2 amide bonds. The van der Waals surface area contributed by atoms with Gasteiger partial charge in [0.05, 0.1) is 12.1 Å². The molecule has 7 heteroatoms. The van der Waals surface area contributed by atoms with Gasteiger partial charge in [-0.05, 0) is 25.8 Å². The maximum absolute atomic E-state index is 12.0. The number of thiazole rings is 1. The average molecular weight is 308 g/mol. The van der Waals surface area contributed by atoms with Crippen molar-refractivity contribution < 1.29 is 9.59 Å². The second-order valence-corrected chi connectivity index (χ2v) is 6.39. The van der Waals surface area contributed by atoms with Gasteiger partial charge in [-0.1, -0.05) is 0 Å². The number of aromatic nitrogens is 1. The lowest BCUT2D eigenvalue weighted by molar-refractivity contribution is -0.121. The molecule has 0 bridgehead atoms. The van der Waals surface area contributed by atoms with Crippen molar-refractivity contribution in [3.63, 3.8) is 0 Å². The Bertz CT molecular complexity index is 525. The average Bonchev–Trinajstić information content (AvgIpc) is 3.08. The third-order valence-corrected chi connectivity index (χ3v) is 4.76. The number of rotatable bonds is 4. The predicted molar refractivity (Wildman–Crippen MR) is 81.4 cm³/mol. The van der Waals surface area contributed by atoms with Gasteiger partial charge in [-0.3, -0.25) is 14.5 Å². The van der Waals surface area contributed by atoms with E-state index in [1.165, 1.54) is 11.3 Å². The van der Waals surface area contributed by atoms with Crippen molar-refractivity contribution in [3.05, 3.63) is 11.1 Å². The van der Waals surface area contributed by atoms with E-state index >= 15 is 0 Å². The number of nitrogens with zero attached hydrogens (tertiary/aromatic N) is 2. The number of anilines is 1. The van der Waals surface area contributed by atoms with E-state index in [1.54, 1.807) is 4.90 Å². The minimum absolute atomic E-state index is 0.00768. The topological polar surface area (TPSA) is 74.3 Å². The van der Waals surface area contributed by atoms with Crippen LogP contribution in [0.15, 0.2) is 5.38 Å². The van der Waals surface area contributed by atoms with E-state index in [9.17, 15) is 9.59 Å². The summed E-state index contributed by atoms with van der Waals surface area (Å²) in [5.41, 5.74) is 0.746. The molecule has 3 rings (SSSR count). The third-order valence-electron chi connectivity index (χ3n) is 3.85. The molecule has 1 aromatic rings. The van der Waals surface area contributed by atoms with Crippen molar-refractivity contribution in [3.8, 4) is 0 Å². The highest BCUT2D eigenvalue weighted by atomic mass is 32.1. The maximum atomic E-state index is 12.0. The summed E-state index contributed by atoms with van der Waals surface area (Å²) >= 11 is 1.44. The monoisotopic (exact) mass is 308 g/mol. The largest absolute Gasteiger partial charge is 0.352 e. The second-order valence-electron chi connectivity index (χ2n) is 5.56. The molecule has 2 aliphatic heterocycles. The molecular weight excluding hydrogens is 288 g/mol. The van der Waals surface area contributed by atoms with Crippen LogP contribution in [-0.2, 0) is 16.0 Å². The fourth-order valence-electron chi connectivity index (χ4n) is 2.77. The van der Waals surface area contributed by atoms with E-state index < -0.39 is 0 Å². The van der Waals surface area contributed by atoms with Crippen molar-refractivity contribution in [1.82, 2.24) is 15.6 Å². The van der Waals surface area contributed by atoms with Gasteiger partial charge in [0.15, 0.2) is 5.13 Å². The van der Waals surface area contributed by atoms with Crippen LogP contribution in [0, 0.1) is 0 Å². The lowest BCUT2D eigenvalue weighted by Gasteiger charge is -2.23. The Morgan fingerprint density at radius 2 is 2.43 bits per heavy atom. The maximum Gasteiger partial charge on any atom is 0.228 e. The summed E-state index contributed by atoms with van der Waals surface area (Å²) in [7, 11) is 0. The van der Waals surface area contributed by atoms with Gasteiger partial charge in [0, 0.05) is 30.9 Å². The standard InChI is InChI=1S/C14H20N4O2S/c19-12(16-10-3-1-5-15-8-10)7-11-9-21-14(17-11)18-6-2-4-13(18)20/h9-10,15H,1-8H2,(H,16,19). The van der Waals surface area contributed by atoms with E-state index in [0.29, 0.717) is 6.42 Å². The first-order valence-electron chi connectivity index (χ1n) is 7.47. The molecule has 0 aromatic carbocycles. The summed E-state index contributed by atoms with van der Waals surface area (Å²) in [5.74, 6) is 0.141. The predicted octanol–water partition coefficient (Wildman–Crippen LogP) is 0.681. The molecule has 2 fully saturated rings. The molecule has 1 aromatic heterocycles. The minimum Gasteiger partial charge on any atom is -0.352 e. The molecule has 1 atom stereocenters. The van der Waals surface area contributed by atoms with Gasteiger partial charge in [-0.25, -0.2) is 4.98 Å². The molecule has 1 unspecified atom stereocenters. The first-order chi connectivity index (χ1) is 10.2. The van der Waals surface area contributed by atoms with E-state index in [1.807, 2.05) is 5.38 Å². The van der Waals surface area contributed by atoms with Gasteiger partial charge < -0.3 is 10.6 Å². The van der Waals surface area contributed by atoms with Gasteiger partial charge in [0.2, 0.25) is 11.8 Å².